The SMILES string of the molecule is COc1ccc(-c2ccc3nc(N)nc(OCCSC)c3n2)cc1OC. The Balaban J connectivity index is 2.05. The van der Waals surface area contributed by atoms with Crippen molar-refractivity contribution >= 4 is 28.7 Å². The Morgan fingerprint density at radius 3 is 2.54 bits per heavy atom. The van der Waals surface area contributed by atoms with Crippen LogP contribution in [-0.2, 0) is 0 Å². The molecule has 0 unspecified atom stereocenters. The normalized spacial score (nSPS) is 10.7. The maximum Gasteiger partial charge on any atom is 0.245 e. The van der Waals surface area contributed by atoms with Gasteiger partial charge in [0.1, 0.15) is 0 Å². The number of nitrogens with zero attached hydrogens (tertiary/aromatic N) is 3. The van der Waals surface area contributed by atoms with E-state index in [0.29, 0.717) is 35.0 Å². The van der Waals surface area contributed by atoms with Gasteiger partial charge in [0.25, 0.3) is 0 Å². The van der Waals surface area contributed by atoms with Gasteiger partial charge in [0, 0.05) is 11.3 Å². The maximum atomic E-state index is 5.78. The molecule has 3 rings (SSSR count). The van der Waals surface area contributed by atoms with E-state index >= 15 is 0 Å². The van der Waals surface area contributed by atoms with Crippen LogP contribution in [-0.4, -0.2) is 47.8 Å². The van der Waals surface area contributed by atoms with Gasteiger partial charge in [0.2, 0.25) is 11.8 Å². The Hall–Kier alpha value is -2.74. The van der Waals surface area contributed by atoms with Crippen LogP contribution in [0.3, 0.4) is 0 Å². The van der Waals surface area contributed by atoms with E-state index in [-0.39, 0.29) is 5.95 Å². The lowest BCUT2D eigenvalue weighted by molar-refractivity contribution is 0.334. The summed E-state index contributed by atoms with van der Waals surface area (Å²) in [6, 6.07) is 9.37. The van der Waals surface area contributed by atoms with E-state index in [1.54, 1.807) is 26.0 Å². The van der Waals surface area contributed by atoms with Crippen LogP contribution in [0.1, 0.15) is 0 Å². The van der Waals surface area contributed by atoms with Crippen molar-refractivity contribution in [3.63, 3.8) is 0 Å². The number of ether oxygens (including phenoxy) is 3. The molecule has 2 aromatic heterocycles. The number of rotatable bonds is 7. The van der Waals surface area contributed by atoms with Crippen LogP contribution in [0.4, 0.5) is 5.95 Å². The van der Waals surface area contributed by atoms with Gasteiger partial charge in [0.05, 0.1) is 32.0 Å². The first-order chi connectivity index (χ1) is 12.7. The molecular formula is C18H20N4O3S. The second kappa shape index (κ2) is 8.09. The smallest absolute Gasteiger partial charge is 0.245 e. The van der Waals surface area contributed by atoms with Crippen molar-refractivity contribution in [2.45, 2.75) is 0 Å². The predicted molar refractivity (Wildman–Crippen MR) is 104 cm³/mol. The van der Waals surface area contributed by atoms with Gasteiger partial charge >= 0.3 is 0 Å². The van der Waals surface area contributed by atoms with E-state index in [4.69, 9.17) is 19.9 Å². The number of fused-ring (bicyclic) bond motifs is 1. The molecule has 7 nitrogen and oxygen atoms in total. The van der Waals surface area contributed by atoms with E-state index in [9.17, 15) is 0 Å². The quantitative estimate of drug-likeness (QED) is 0.633. The van der Waals surface area contributed by atoms with E-state index in [1.165, 1.54) is 0 Å². The van der Waals surface area contributed by atoms with Gasteiger partial charge in [-0.15, -0.1) is 0 Å². The molecule has 2 heterocycles. The minimum absolute atomic E-state index is 0.164. The summed E-state index contributed by atoms with van der Waals surface area (Å²) in [7, 11) is 3.20. The molecule has 26 heavy (non-hydrogen) atoms. The first kappa shape index (κ1) is 18.1. The molecule has 0 aliphatic carbocycles. The number of anilines is 1. The number of thioether (sulfide) groups is 1. The summed E-state index contributed by atoms with van der Waals surface area (Å²) in [6.45, 7) is 0.523. The molecule has 0 radical (unpaired) electrons. The average Bonchev–Trinajstić information content (AvgIpc) is 2.67. The van der Waals surface area contributed by atoms with Crippen molar-refractivity contribution < 1.29 is 14.2 Å². The molecule has 0 aliphatic rings. The third-order valence-corrected chi connectivity index (χ3v) is 4.31. The van der Waals surface area contributed by atoms with E-state index < -0.39 is 0 Å². The predicted octanol–water partition coefficient (Wildman–Crippen LogP) is 3.03. The molecule has 136 valence electrons. The monoisotopic (exact) mass is 372 g/mol. The van der Waals surface area contributed by atoms with Crippen molar-refractivity contribution in [2.24, 2.45) is 0 Å². The van der Waals surface area contributed by atoms with Crippen LogP contribution in [0.2, 0.25) is 0 Å². The Labute approximate surface area is 155 Å². The summed E-state index contributed by atoms with van der Waals surface area (Å²) in [6.07, 6.45) is 2.02. The highest BCUT2D eigenvalue weighted by Gasteiger charge is 2.13. The molecule has 0 saturated heterocycles. The van der Waals surface area contributed by atoms with Gasteiger partial charge in [0.15, 0.2) is 17.0 Å². The number of benzene rings is 1. The molecule has 1 aromatic carbocycles. The van der Waals surface area contributed by atoms with Gasteiger partial charge in [-0.3, -0.25) is 0 Å². The number of nitrogen functional groups attached to an aromatic ring is 1. The minimum Gasteiger partial charge on any atom is -0.493 e. The fraction of sp³-hybridized carbons (Fsp3) is 0.278. The highest BCUT2D eigenvalue weighted by Crippen LogP contribution is 2.33. The van der Waals surface area contributed by atoms with Gasteiger partial charge in [-0.05, 0) is 36.6 Å². The largest absolute Gasteiger partial charge is 0.493 e. The van der Waals surface area contributed by atoms with Crippen molar-refractivity contribution in [3.05, 3.63) is 30.3 Å². The van der Waals surface area contributed by atoms with E-state index in [0.717, 1.165) is 17.0 Å². The van der Waals surface area contributed by atoms with Gasteiger partial charge in [-0.25, -0.2) is 9.97 Å². The molecule has 0 aliphatic heterocycles. The fourth-order valence-electron chi connectivity index (χ4n) is 2.48. The molecule has 8 heteroatoms. The third kappa shape index (κ3) is 3.75. The number of pyridine rings is 1. The van der Waals surface area contributed by atoms with E-state index in [1.807, 2.05) is 36.6 Å². The topological polar surface area (TPSA) is 92.4 Å². The molecule has 0 saturated carbocycles. The summed E-state index contributed by atoms with van der Waals surface area (Å²) in [5.74, 6) is 2.70. The summed E-state index contributed by atoms with van der Waals surface area (Å²) in [5.41, 5.74) is 8.64. The summed E-state index contributed by atoms with van der Waals surface area (Å²) in [4.78, 5) is 13.1. The lowest BCUT2D eigenvalue weighted by atomic mass is 10.1. The zero-order valence-electron chi connectivity index (χ0n) is 14.9. The lowest BCUT2D eigenvalue weighted by Gasteiger charge is -2.11. The van der Waals surface area contributed by atoms with Crippen LogP contribution in [0, 0.1) is 0 Å². The molecule has 0 bridgehead atoms. The van der Waals surface area contributed by atoms with Crippen molar-refractivity contribution in [1.29, 1.82) is 0 Å². The zero-order chi connectivity index (χ0) is 18.5. The highest BCUT2D eigenvalue weighted by atomic mass is 32.2. The summed E-state index contributed by atoms with van der Waals surface area (Å²) < 4.78 is 16.4. The van der Waals surface area contributed by atoms with Crippen LogP contribution in [0.25, 0.3) is 22.3 Å². The average molecular weight is 372 g/mol. The second-order valence-corrected chi connectivity index (χ2v) is 6.35. The molecule has 0 fully saturated rings. The second-order valence-electron chi connectivity index (χ2n) is 5.36. The number of methoxy groups -OCH3 is 2. The van der Waals surface area contributed by atoms with Crippen LogP contribution in [0.5, 0.6) is 17.4 Å². The first-order valence-corrected chi connectivity index (χ1v) is 9.34. The standard InChI is InChI=1S/C18H20N4O3S/c1-23-14-7-4-11(10-15(14)24-2)12-5-6-13-16(20-12)17(22-18(19)21-13)25-8-9-26-3/h4-7,10H,8-9H2,1-3H3,(H2,19,21,22). The molecule has 0 spiro atoms. The lowest BCUT2D eigenvalue weighted by Crippen LogP contribution is -2.06. The van der Waals surface area contributed by atoms with Crippen LogP contribution >= 0.6 is 11.8 Å². The molecular weight excluding hydrogens is 352 g/mol. The fourth-order valence-corrected chi connectivity index (χ4v) is 2.73. The maximum absolute atomic E-state index is 5.78. The summed E-state index contributed by atoms with van der Waals surface area (Å²) >= 11 is 1.69. The number of hydrogen-bond donors (Lipinski definition) is 1. The zero-order valence-corrected chi connectivity index (χ0v) is 15.7. The Kier molecular flexibility index (Phi) is 5.62. The molecule has 2 N–H and O–H groups in total. The highest BCUT2D eigenvalue weighted by molar-refractivity contribution is 7.98. The third-order valence-electron chi connectivity index (χ3n) is 3.73. The first-order valence-electron chi connectivity index (χ1n) is 7.94. The Morgan fingerprint density at radius 1 is 1.00 bits per heavy atom. The number of aromatic nitrogens is 3. The number of nitrogens with two attached hydrogens (primary N) is 1. The van der Waals surface area contributed by atoms with Gasteiger partial charge < -0.3 is 19.9 Å². The molecule has 3 aromatic rings. The van der Waals surface area contributed by atoms with Crippen LogP contribution < -0.4 is 19.9 Å². The Bertz CT molecular complexity index is 920. The van der Waals surface area contributed by atoms with Gasteiger partial charge in [-0.2, -0.15) is 16.7 Å². The van der Waals surface area contributed by atoms with Gasteiger partial charge in [-0.1, -0.05) is 0 Å². The van der Waals surface area contributed by atoms with Crippen molar-refractivity contribution in [2.75, 3.05) is 38.6 Å². The molecule has 0 amide bonds. The molecule has 0 atom stereocenters. The van der Waals surface area contributed by atoms with E-state index in [2.05, 4.69) is 15.0 Å². The number of hydrogen-bond acceptors (Lipinski definition) is 8. The van der Waals surface area contributed by atoms with Crippen LogP contribution in [0.15, 0.2) is 30.3 Å². The van der Waals surface area contributed by atoms with Crippen molar-refractivity contribution in [3.8, 4) is 28.6 Å². The summed E-state index contributed by atoms with van der Waals surface area (Å²) in [5, 5.41) is 0. The van der Waals surface area contributed by atoms with Crippen molar-refractivity contribution in [1.82, 2.24) is 15.0 Å². The minimum atomic E-state index is 0.164. The Morgan fingerprint density at radius 2 is 1.81 bits per heavy atom.